The molecule has 0 bridgehead atoms. The van der Waals surface area contributed by atoms with Gasteiger partial charge in [-0.1, -0.05) is 19.1 Å². The number of nitrogens with zero attached hydrogens (tertiary/aromatic N) is 1. The molecule has 0 saturated carbocycles. The van der Waals surface area contributed by atoms with Crippen LogP contribution < -0.4 is 10.5 Å². The number of amides is 1. The lowest BCUT2D eigenvalue weighted by Crippen LogP contribution is -2.54. The van der Waals surface area contributed by atoms with E-state index in [9.17, 15) is 4.79 Å². The van der Waals surface area contributed by atoms with E-state index in [1.807, 2.05) is 36.1 Å². The Morgan fingerprint density at radius 1 is 1.48 bits per heavy atom. The summed E-state index contributed by atoms with van der Waals surface area (Å²) in [4.78, 5) is 14.6. The number of likely N-dealkylation sites (tertiary alicyclic amines) is 1. The highest BCUT2D eigenvalue weighted by Crippen LogP contribution is 2.24. The van der Waals surface area contributed by atoms with Crippen LogP contribution in [0.15, 0.2) is 24.3 Å². The van der Waals surface area contributed by atoms with Gasteiger partial charge >= 0.3 is 0 Å². The molecule has 5 heteroatoms. The summed E-state index contributed by atoms with van der Waals surface area (Å²) in [6, 6.07) is 7.81. The number of benzene rings is 1. The smallest absolute Gasteiger partial charge is 0.251 e. The van der Waals surface area contributed by atoms with Crippen molar-refractivity contribution in [3.8, 4) is 5.75 Å². The van der Waals surface area contributed by atoms with Crippen LogP contribution >= 0.6 is 0 Å². The van der Waals surface area contributed by atoms with Gasteiger partial charge in [-0.2, -0.15) is 0 Å². The molecule has 1 amide bonds. The van der Waals surface area contributed by atoms with Gasteiger partial charge in [0.2, 0.25) is 0 Å². The van der Waals surface area contributed by atoms with Gasteiger partial charge in [-0.15, -0.1) is 0 Å². The maximum Gasteiger partial charge on any atom is 0.251 e. The number of rotatable bonds is 6. The maximum absolute atomic E-state index is 12.7. The van der Waals surface area contributed by atoms with Gasteiger partial charge < -0.3 is 20.1 Å². The normalized spacial score (nSPS) is 22.7. The number of methoxy groups -OCH3 is 1. The third-order valence-electron chi connectivity index (χ3n) is 4.62. The molecular weight excluding hydrogens is 292 g/mol. The van der Waals surface area contributed by atoms with Crippen molar-refractivity contribution in [2.75, 3.05) is 20.2 Å². The molecule has 0 aliphatic carbocycles. The summed E-state index contributed by atoms with van der Waals surface area (Å²) < 4.78 is 11.0. The first kappa shape index (κ1) is 17.8. The van der Waals surface area contributed by atoms with Crippen LogP contribution in [0, 0.1) is 5.92 Å². The van der Waals surface area contributed by atoms with Gasteiger partial charge in [0.25, 0.3) is 5.91 Å². The highest BCUT2D eigenvalue weighted by molar-refractivity contribution is 5.81. The van der Waals surface area contributed by atoms with E-state index < -0.39 is 6.10 Å². The summed E-state index contributed by atoms with van der Waals surface area (Å²) in [5.41, 5.74) is 6.86. The quantitative estimate of drug-likeness (QED) is 0.872. The van der Waals surface area contributed by atoms with Crippen LogP contribution in [0.2, 0.25) is 0 Å². The monoisotopic (exact) mass is 320 g/mol. The van der Waals surface area contributed by atoms with Crippen LogP contribution in [0.4, 0.5) is 0 Å². The SMILES string of the molecule is COc1cccc(CO[C@H](C)C(=O)N2CCC[C@@H](C)[C@@H]2CN)c1. The van der Waals surface area contributed by atoms with E-state index in [0.717, 1.165) is 30.7 Å². The van der Waals surface area contributed by atoms with E-state index in [-0.39, 0.29) is 11.9 Å². The maximum atomic E-state index is 12.7. The summed E-state index contributed by atoms with van der Waals surface area (Å²) in [6.45, 7) is 5.66. The van der Waals surface area contributed by atoms with Gasteiger partial charge in [-0.25, -0.2) is 0 Å². The van der Waals surface area contributed by atoms with Crippen molar-refractivity contribution in [1.29, 1.82) is 0 Å². The van der Waals surface area contributed by atoms with Crippen molar-refractivity contribution < 1.29 is 14.3 Å². The fourth-order valence-corrected chi connectivity index (χ4v) is 3.17. The van der Waals surface area contributed by atoms with Gasteiger partial charge in [-0.05, 0) is 43.4 Å². The molecule has 128 valence electrons. The zero-order valence-electron chi connectivity index (χ0n) is 14.3. The van der Waals surface area contributed by atoms with Crippen LogP contribution in [0.3, 0.4) is 0 Å². The Labute approximate surface area is 138 Å². The van der Waals surface area contributed by atoms with Crippen LogP contribution in [-0.4, -0.2) is 43.2 Å². The topological polar surface area (TPSA) is 64.8 Å². The second kappa shape index (κ2) is 8.31. The minimum absolute atomic E-state index is 0.0369. The van der Waals surface area contributed by atoms with Gasteiger partial charge in [0.05, 0.1) is 13.7 Å². The lowest BCUT2D eigenvalue weighted by atomic mass is 9.90. The summed E-state index contributed by atoms with van der Waals surface area (Å²) in [7, 11) is 1.64. The summed E-state index contributed by atoms with van der Waals surface area (Å²) in [6.07, 6.45) is 1.69. The Hall–Kier alpha value is -1.59. The molecule has 0 spiro atoms. The Balaban J connectivity index is 1.93. The number of carbonyl (C=O) groups is 1. The first-order chi connectivity index (χ1) is 11.1. The first-order valence-corrected chi connectivity index (χ1v) is 8.32. The van der Waals surface area contributed by atoms with Crippen LogP contribution in [0.1, 0.15) is 32.3 Å². The fraction of sp³-hybridized carbons (Fsp3) is 0.611. The molecule has 0 radical (unpaired) electrons. The van der Waals surface area contributed by atoms with E-state index in [4.69, 9.17) is 15.2 Å². The molecule has 1 aromatic rings. The van der Waals surface area contributed by atoms with E-state index in [0.29, 0.717) is 19.1 Å². The van der Waals surface area contributed by atoms with E-state index in [1.54, 1.807) is 7.11 Å². The molecule has 3 atom stereocenters. The van der Waals surface area contributed by atoms with Crippen molar-refractivity contribution in [3.63, 3.8) is 0 Å². The van der Waals surface area contributed by atoms with Crippen LogP contribution in [-0.2, 0) is 16.1 Å². The average Bonchev–Trinajstić information content (AvgIpc) is 2.58. The Bertz CT molecular complexity index is 521. The van der Waals surface area contributed by atoms with Crippen LogP contribution in [0.25, 0.3) is 0 Å². The summed E-state index contributed by atoms with van der Waals surface area (Å²) in [5, 5.41) is 0. The third-order valence-corrected chi connectivity index (χ3v) is 4.62. The second-order valence-electron chi connectivity index (χ2n) is 6.26. The predicted molar refractivity (Wildman–Crippen MR) is 90.2 cm³/mol. The zero-order chi connectivity index (χ0) is 16.8. The average molecular weight is 320 g/mol. The van der Waals surface area contributed by atoms with E-state index in [1.165, 1.54) is 0 Å². The van der Waals surface area contributed by atoms with Crippen molar-refractivity contribution in [3.05, 3.63) is 29.8 Å². The van der Waals surface area contributed by atoms with Crippen molar-refractivity contribution in [2.45, 2.75) is 45.4 Å². The van der Waals surface area contributed by atoms with Crippen molar-refractivity contribution in [2.24, 2.45) is 11.7 Å². The molecule has 0 unspecified atom stereocenters. The molecule has 2 N–H and O–H groups in total. The minimum Gasteiger partial charge on any atom is -0.497 e. The van der Waals surface area contributed by atoms with Gasteiger partial charge in [0.15, 0.2) is 0 Å². The van der Waals surface area contributed by atoms with E-state index in [2.05, 4.69) is 6.92 Å². The zero-order valence-corrected chi connectivity index (χ0v) is 14.3. The minimum atomic E-state index is -0.472. The first-order valence-electron chi connectivity index (χ1n) is 8.32. The molecule has 0 aromatic heterocycles. The molecule has 1 saturated heterocycles. The van der Waals surface area contributed by atoms with Gasteiger partial charge in [0, 0.05) is 19.1 Å². The molecule has 1 fully saturated rings. The molecule has 1 heterocycles. The van der Waals surface area contributed by atoms with Gasteiger partial charge in [0.1, 0.15) is 11.9 Å². The molecule has 1 aliphatic rings. The Morgan fingerprint density at radius 2 is 2.26 bits per heavy atom. The molecule has 1 aliphatic heterocycles. The molecule has 23 heavy (non-hydrogen) atoms. The van der Waals surface area contributed by atoms with Gasteiger partial charge in [-0.3, -0.25) is 4.79 Å². The largest absolute Gasteiger partial charge is 0.497 e. The lowest BCUT2D eigenvalue weighted by molar-refractivity contribution is -0.148. The summed E-state index contributed by atoms with van der Waals surface area (Å²) in [5.74, 6) is 1.27. The number of piperidine rings is 1. The third kappa shape index (κ3) is 4.45. The van der Waals surface area contributed by atoms with E-state index >= 15 is 0 Å². The molecule has 5 nitrogen and oxygen atoms in total. The number of ether oxygens (including phenoxy) is 2. The van der Waals surface area contributed by atoms with Crippen LogP contribution in [0.5, 0.6) is 5.75 Å². The predicted octanol–water partition coefficient (Wildman–Crippen LogP) is 2.19. The number of nitrogens with two attached hydrogens (primary N) is 1. The molecule has 2 rings (SSSR count). The molecule has 1 aromatic carbocycles. The Morgan fingerprint density at radius 3 is 2.96 bits per heavy atom. The highest BCUT2D eigenvalue weighted by atomic mass is 16.5. The number of hydrogen-bond acceptors (Lipinski definition) is 4. The second-order valence-corrected chi connectivity index (χ2v) is 6.26. The number of carbonyl (C=O) groups excluding carboxylic acids is 1. The lowest BCUT2D eigenvalue weighted by Gasteiger charge is -2.40. The number of hydrogen-bond donors (Lipinski definition) is 1. The standard InChI is InChI=1S/C18H28N2O3/c1-13-6-5-9-20(17(13)11-19)18(21)14(2)23-12-15-7-4-8-16(10-15)22-3/h4,7-8,10,13-14,17H,5-6,9,11-12,19H2,1-3H3/t13-,14-,17+/m1/s1. The van der Waals surface area contributed by atoms with Crippen molar-refractivity contribution in [1.82, 2.24) is 4.90 Å². The highest BCUT2D eigenvalue weighted by Gasteiger charge is 2.33. The summed E-state index contributed by atoms with van der Waals surface area (Å²) >= 11 is 0. The Kier molecular flexibility index (Phi) is 6.42. The van der Waals surface area contributed by atoms with Crippen molar-refractivity contribution >= 4 is 5.91 Å². The molecular formula is C18H28N2O3. The fourth-order valence-electron chi connectivity index (χ4n) is 3.17.